The first-order valence-corrected chi connectivity index (χ1v) is 4.94. The normalized spacial score (nSPS) is 13.5. The van der Waals surface area contributed by atoms with Crippen molar-refractivity contribution in [3.63, 3.8) is 0 Å². The Bertz CT molecular complexity index is 271. The molecule has 1 aromatic rings. The molecule has 0 unspecified atom stereocenters. The Kier molecular flexibility index (Phi) is 3.74. The molecule has 0 saturated heterocycles. The molecule has 2 nitrogen and oxygen atoms in total. The maximum absolute atomic E-state index is 5.37. The molecule has 0 fully saturated rings. The lowest BCUT2D eigenvalue weighted by Crippen LogP contribution is -2.09. The molecule has 0 aliphatic carbocycles. The van der Waals surface area contributed by atoms with Crippen LogP contribution >= 0.6 is 0 Å². The number of nitrogens with zero attached hydrogens (tertiary/aromatic N) is 1. The van der Waals surface area contributed by atoms with Crippen LogP contribution in [0.2, 0.25) is 0 Å². The van der Waals surface area contributed by atoms with Gasteiger partial charge in [-0.25, -0.2) is 4.98 Å². The van der Waals surface area contributed by atoms with E-state index in [1.807, 2.05) is 20.0 Å². The van der Waals surface area contributed by atoms with Crippen molar-refractivity contribution in [2.24, 2.45) is 0 Å². The summed E-state index contributed by atoms with van der Waals surface area (Å²) in [5, 5.41) is 0. The number of fused-ring (bicyclic) bond motifs is 1. The Morgan fingerprint density at radius 3 is 2.92 bits per heavy atom. The standard InChI is InChI=1S/C9H11NO.C2H6/c1-7-5-8-3-2-4-11-9(8)10-6-7;1-2/h5-6H,2-4H2,1H3;1-2H3. The van der Waals surface area contributed by atoms with Crippen LogP contribution in [0.4, 0.5) is 0 Å². The molecule has 1 aliphatic heterocycles. The van der Waals surface area contributed by atoms with Crippen LogP contribution < -0.4 is 4.74 Å². The zero-order chi connectivity index (χ0) is 9.68. The van der Waals surface area contributed by atoms with Crippen LogP contribution in [0.15, 0.2) is 12.3 Å². The highest BCUT2D eigenvalue weighted by Crippen LogP contribution is 2.21. The van der Waals surface area contributed by atoms with E-state index in [4.69, 9.17) is 4.74 Å². The molecule has 0 amide bonds. The summed E-state index contributed by atoms with van der Waals surface area (Å²) in [5.41, 5.74) is 2.48. The van der Waals surface area contributed by atoms with E-state index in [1.54, 1.807) is 0 Å². The number of hydrogen-bond donors (Lipinski definition) is 0. The van der Waals surface area contributed by atoms with Gasteiger partial charge in [0.2, 0.25) is 5.88 Å². The number of rotatable bonds is 0. The zero-order valence-electron chi connectivity index (χ0n) is 8.63. The van der Waals surface area contributed by atoms with E-state index in [0.29, 0.717) is 0 Å². The second-order valence-corrected chi connectivity index (χ2v) is 2.93. The summed E-state index contributed by atoms with van der Waals surface area (Å²) in [6, 6.07) is 2.15. The van der Waals surface area contributed by atoms with Crippen molar-refractivity contribution < 1.29 is 4.74 Å². The lowest BCUT2D eigenvalue weighted by Gasteiger charge is -2.15. The highest BCUT2D eigenvalue weighted by molar-refractivity contribution is 5.30. The monoisotopic (exact) mass is 179 g/mol. The highest BCUT2D eigenvalue weighted by Gasteiger charge is 2.10. The summed E-state index contributed by atoms with van der Waals surface area (Å²) in [7, 11) is 0. The second-order valence-electron chi connectivity index (χ2n) is 2.93. The molecule has 0 atom stereocenters. The molecule has 13 heavy (non-hydrogen) atoms. The third-order valence-corrected chi connectivity index (χ3v) is 1.89. The molecule has 2 heteroatoms. The fourth-order valence-electron chi connectivity index (χ4n) is 1.36. The maximum Gasteiger partial charge on any atom is 0.216 e. The smallest absolute Gasteiger partial charge is 0.216 e. The minimum atomic E-state index is 0.822. The van der Waals surface area contributed by atoms with Gasteiger partial charge in [-0.1, -0.05) is 13.8 Å². The first kappa shape index (κ1) is 10.0. The van der Waals surface area contributed by atoms with Gasteiger partial charge in [-0.05, 0) is 31.4 Å². The van der Waals surface area contributed by atoms with Gasteiger partial charge >= 0.3 is 0 Å². The van der Waals surface area contributed by atoms with Gasteiger partial charge in [0.25, 0.3) is 0 Å². The van der Waals surface area contributed by atoms with Gasteiger partial charge in [0.05, 0.1) is 6.61 Å². The third-order valence-electron chi connectivity index (χ3n) is 1.89. The molecular weight excluding hydrogens is 162 g/mol. The number of hydrogen-bond acceptors (Lipinski definition) is 2. The predicted molar refractivity (Wildman–Crippen MR) is 54.1 cm³/mol. The second kappa shape index (κ2) is 4.85. The van der Waals surface area contributed by atoms with Crippen molar-refractivity contribution in [1.82, 2.24) is 4.98 Å². The van der Waals surface area contributed by atoms with Gasteiger partial charge in [-0.15, -0.1) is 0 Å². The summed E-state index contributed by atoms with van der Waals surface area (Å²) in [4.78, 5) is 4.20. The van der Waals surface area contributed by atoms with Crippen LogP contribution in [0.5, 0.6) is 5.88 Å². The summed E-state index contributed by atoms with van der Waals surface area (Å²) in [5.74, 6) is 0.835. The predicted octanol–water partition coefficient (Wildman–Crippen LogP) is 2.74. The van der Waals surface area contributed by atoms with E-state index in [2.05, 4.69) is 18.0 Å². The molecule has 72 valence electrons. The molecule has 0 spiro atoms. The topological polar surface area (TPSA) is 22.1 Å². The summed E-state index contributed by atoms with van der Waals surface area (Å²) < 4.78 is 5.37. The van der Waals surface area contributed by atoms with Crippen LogP contribution in [-0.2, 0) is 6.42 Å². The van der Waals surface area contributed by atoms with Crippen molar-refractivity contribution >= 4 is 0 Å². The van der Waals surface area contributed by atoms with Crippen molar-refractivity contribution in [3.8, 4) is 5.88 Å². The lowest BCUT2D eigenvalue weighted by atomic mass is 10.1. The molecular formula is C11H17NO. The van der Waals surface area contributed by atoms with Crippen molar-refractivity contribution in [3.05, 3.63) is 23.4 Å². The Labute approximate surface area is 80.0 Å². The van der Waals surface area contributed by atoms with Gasteiger partial charge in [-0.2, -0.15) is 0 Å². The Morgan fingerprint density at radius 1 is 1.38 bits per heavy atom. The van der Waals surface area contributed by atoms with E-state index >= 15 is 0 Å². The van der Waals surface area contributed by atoms with Crippen molar-refractivity contribution in [2.75, 3.05) is 6.61 Å². The fourth-order valence-corrected chi connectivity index (χ4v) is 1.36. The first-order chi connectivity index (χ1) is 6.36. The Balaban J connectivity index is 0.000000396. The quantitative estimate of drug-likeness (QED) is 0.611. The first-order valence-electron chi connectivity index (χ1n) is 4.94. The average Bonchev–Trinajstić information content (AvgIpc) is 2.21. The van der Waals surface area contributed by atoms with Crippen molar-refractivity contribution in [2.45, 2.75) is 33.6 Å². The molecule has 0 aromatic carbocycles. The van der Waals surface area contributed by atoms with Crippen LogP contribution in [-0.4, -0.2) is 11.6 Å². The summed E-state index contributed by atoms with van der Waals surface area (Å²) >= 11 is 0. The zero-order valence-corrected chi connectivity index (χ0v) is 8.63. The van der Waals surface area contributed by atoms with Crippen LogP contribution in [0, 0.1) is 6.92 Å². The van der Waals surface area contributed by atoms with E-state index in [0.717, 1.165) is 25.3 Å². The molecule has 1 aromatic heterocycles. The minimum Gasteiger partial charge on any atom is -0.477 e. The average molecular weight is 179 g/mol. The van der Waals surface area contributed by atoms with Gasteiger partial charge in [0.15, 0.2) is 0 Å². The highest BCUT2D eigenvalue weighted by atomic mass is 16.5. The maximum atomic E-state index is 5.37. The molecule has 0 N–H and O–H groups in total. The van der Waals surface area contributed by atoms with Gasteiger partial charge in [-0.3, -0.25) is 0 Å². The fraction of sp³-hybridized carbons (Fsp3) is 0.545. The number of pyridine rings is 1. The SMILES string of the molecule is CC.Cc1cnc2c(c1)CCCO2. The molecule has 0 saturated carbocycles. The van der Waals surface area contributed by atoms with Crippen LogP contribution in [0.1, 0.15) is 31.4 Å². The summed E-state index contributed by atoms with van der Waals surface area (Å²) in [6.45, 7) is 6.88. The van der Waals surface area contributed by atoms with Gasteiger partial charge in [0, 0.05) is 11.8 Å². The molecule has 2 heterocycles. The Morgan fingerprint density at radius 2 is 2.15 bits per heavy atom. The molecule has 0 bridgehead atoms. The molecule has 0 radical (unpaired) electrons. The van der Waals surface area contributed by atoms with Crippen LogP contribution in [0.25, 0.3) is 0 Å². The van der Waals surface area contributed by atoms with E-state index in [-0.39, 0.29) is 0 Å². The van der Waals surface area contributed by atoms with Crippen LogP contribution in [0.3, 0.4) is 0 Å². The van der Waals surface area contributed by atoms with E-state index < -0.39 is 0 Å². The van der Waals surface area contributed by atoms with Gasteiger partial charge in [0.1, 0.15) is 0 Å². The number of ether oxygens (including phenoxy) is 1. The van der Waals surface area contributed by atoms with Gasteiger partial charge < -0.3 is 4.74 Å². The lowest BCUT2D eigenvalue weighted by molar-refractivity contribution is 0.276. The van der Waals surface area contributed by atoms with E-state index in [1.165, 1.54) is 11.1 Å². The number of aryl methyl sites for hydroxylation is 2. The molecule has 2 rings (SSSR count). The minimum absolute atomic E-state index is 0.822. The number of aromatic nitrogens is 1. The Hall–Kier alpha value is -1.05. The van der Waals surface area contributed by atoms with E-state index in [9.17, 15) is 0 Å². The largest absolute Gasteiger partial charge is 0.477 e. The summed E-state index contributed by atoms with van der Waals surface area (Å²) in [6.07, 6.45) is 4.09. The third kappa shape index (κ3) is 2.44. The molecule has 1 aliphatic rings. The van der Waals surface area contributed by atoms with Crippen molar-refractivity contribution in [1.29, 1.82) is 0 Å².